The predicted molar refractivity (Wildman–Crippen MR) is 132 cm³/mol. The van der Waals surface area contributed by atoms with E-state index in [1.165, 1.54) is 6.42 Å². The second-order valence-electron chi connectivity index (χ2n) is 10.8. The molecule has 0 aromatic heterocycles. The van der Waals surface area contributed by atoms with Gasteiger partial charge in [0.25, 0.3) is 0 Å². The normalized spacial score (nSPS) is 34.9. The molecular formula is C26H40N2O5S. The molecule has 3 aliphatic heterocycles. The maximum Gasteiger partial charge on any atom is 0.308 e. The first-order valence-electron chi connectivity index (χ1n) is 13.1. The fourth-order valence-electron chi connectivity index (χ4n) is 7.18. The number of hydrogen-bond acceptors (Lipinski definition) is 5. The summed E-state index contributed by atoms with van der Waals surface area (Å²) in [4.78, 5) is 44.2. The highest BCUT2D eigenvalue weighted by Crippen LogP contribution is 2.71. The Bertz CT molecular complexity index is 815. The van der Waals surface area contributed by atoms with Crippen molar-refractivity contribution >= 4 is 29.5 Å². The van der Waals surface area contributed by atoms with Gasteiger partial charge in [-0.15, -0.1) is 18.3 Å². The molecular weight excluding hydrogens is 452 g/mol. The van der Waals surface area contributed by atoms with Crippen molar-refractivity contribution in [2.24, 2.45) is 11.8 Å². The predicted octanol–water partition coefficient (Wildman–Crippen LogP) is 3.45. The summed E-state index contributed by atoms with van der Waals surface area (Å²) in [5, 5.41) is 19.2. The minimum atomic E-state index is -0.916. The van der Waals surface area contributed by atoms with Gasteiger partial charge in [-0.2, -0.15) is 0 Å². The molecule has 0 aromatic carbocycles. The van der Waals surface area contributed by atoms with Crippen LogP contribution < -0.4 is 0 Å². The van der Waals surface area contributed by atoms with E-state index in [4.69, 9.17) is 5.11 Å². The summed E-state index contributed by atoms with van der Waals surface area (Å²) < 4.78 is -1.17. The number of aliphatic carboxylic acids is 1. The van der Waals surface area contributed by atoms with E-state index in [0.717, 1.165) is 57.8 Å². The molecule has 4 rings (SSSR count). The molecule has 3 heterocycles. The minimum absolute atomic E-state index is 0.0132. The molecule has 2 unspecified atom stereocenters. The standard InChI is InChI=1S/C26H40N2O5S/c1-3-15-27(18-11-7-6-8-12-18)23(31)21-26-14-13-25(2,34-26)20(24(32)33)19(26)22(30)28(21)16-9-4-5-10-17-29/h3,18-21,29H,1,4-17H2,2H3,(H,32,33)/t19-,20+,21?,25-,26?/m0/s1. The van der Waals surface area contributed by atoms with E-state index >= 15 is 0 Å². The number of aliphatic hydroxyl groups excluding tert-OH is 1. The lowest BCUT2D eigenvalue weighted by atomic mass is 9.66. The Labute approximate surface area is 207 Å². The van der Waals surface area contributed by atoms with Crippen molar-refractivity contribution in [2.75, 3.05) is 19.7 Å². The Morgan fingerprint density at radius 2 is 1.88 bits per heavy atom. The van der Waals surface area contributed by atoms with E-state index in [0.29, 0.717) is 19.5 Å². The van der Waals surface area contributed by atoms with E-state index in [2.05, 4.69) is 6.58 Å². The van der Waals surface area contributed by atoms with Crippen molar-refractivity contribution < 1.29 is 24.6 Å². The number of aliphatic hydroxyl groups is 1. The van der Waals surface area contributed by atoms with Gasteiger partial charge < -0.3 is 20.0 Å². The zero-order valence-corrected chi connectivity index (χ0v) is 21.2. The molecule has 2 N–H and O–H groups in total. The van der Waals surface area contributed by atoms with Crippen LogP contribution in [0.5, 0.6) is 0 Å². The van der Waals surface area contributed by atoms with E-state index < -0.39 is 33.3 Å². The number of hydrogen-bond donors (Lipinski definition) is 2. The average molecular weight is 493 g/mol. The number of carbonyl (C=O) groups excluding carboxylic acids is 2. The van der Waals surface area contributed by atoms with Crippen LogP contribution in [0.1, 0.15) is 77.6 Å². The number of carboxylic acid groups (broad SMARTS) is 1. The van der Waals surface area contributed by atoms with E-state index in [-0.39, 0.29) is 24.5 Å². The zero-order chi connectivity index (χ0) is 24.5. The minimum Gasteiger partial charge on any atom is -0.481 e. The molecule has 1 aliphatic carbocycles. The molecule has 8 heteroatoms. The molecule has 1 spiro atoms. The lowest BCUT2D eigenvalue weighted by molar-refractivity contribution is -0.150. The number of amides is 2. The number of carboxylic acids is 1. The van der Waals surface area contributed by atoms with Crippen molar-refractivity contribution in [1.29, 1.82) is 0 Å². The third-order valence-corrected chi connectivity index (χ3v) is 10.7. The van der Waals surface area contributed by atoms with E-state index in [9.17, 15) is 19.5 Å². The third kappa shape index (κ3) is 4.19. The Kier molecular flexibility index (Phi) is 7.67. The molecule has 2 amide bonds. The van der Waals surface area contributed by atoms with Gasteiger partial charge >= 0.3 is 5.97 Å². The number of thioether (sulfide) groups is 1. The summed E-state index contributed by atoms with van der Waals surface area (Å²) in [6.45, 7) is 6.95. The lowest BCUT2D eigenvalue weighted by Gasteiger charge is -2.41. The second-order valence-corrected chi connectivity index (χ2v) is 12.7. The van der Waals surface area contributed by atoms with Gasteiger partial charge in [0.2, 0.25) is 11.8 Å². The summed E-state index contributed by atoms with van der Waals surface area (Å²) in [7, 11) is 0. The van der Waals surface area contributed by atoms with Gasteiger partial charge in [0.1, 0.15) is 6.04 Å². The lowest BCUT2D eigenvalue weighted by Crippen LogP contribution is -2.57. The van der Waals surface area contributed by atoms with Crippen LogP contribution in [0.15, 0.2) is 12.7 Å². The smallest absolute Gasteiger partial charge is 0.308 e. The Morgan fingerprint density at radius 3 is 2.53 bits per heavy atom. The van der Waals surface area contributed by atoms with Crippen LogP contribution in [0.2, 0.25) is 0 Å². The molecule has 2 bridgehead atoms. The van der Waals surface area contributed by atoms with Crippen molar-refractivity contribution in [1.82, 2.24) is 9.80 Å². The molecule has 0 radical (unpaired) electrons. The second kappa shape index (κ2) is 10.2. The van der Waals surface area contributed by atoms with Crippen LogP contribution in [-0.4, -0.2) is 79.1 Å². The summed E-state index contributed by atoms with van der Waals surface area (Å²) in [5.74, 6) is -2.47. The molecule has 3 saturated heterocycles. The first-order chi connectivity index (χ1) is 16.3. The Morgan fingerprint density at radius 1 is 1.18 bits per heavy atom. The quantitative estimate of drug-likeness (QED) is 0.339. The van der Waals surface area contributed by atoms with Gasteiger partial charge in [0, 0.05) is 30.5 Å². The highest BCUT2D eigenvalue weighted by atomic mass is 32.2. The first-order valence-corrected chi connectivity index (χ1v) is 13.9. The van der Waals surface area contributed by atoms with Gasteiger partial charge in [0.15, 0.2) is 0 Å². The van der Waals surface area contributed by atoms with E-state index in [1.807, 2.05) is 11.8 Å². The summed E-state index contributed by atoms with van der Waals surface area (Å²) >= 11 is 1.61. The van der Waals surface area contributed by atoms with Crippen LogP contribution in [0.4, 0.5) is 0 Å². The van der Waals surface area contributed by atoms with Gasteiger partial charge in [-0.25, -0.2) is 0 Å². The highest BCUT2D eigenvalue weighted by Gasteiger charge is 2.77. The molecule has 34 heavy (non-hydrogen) atoms. The topological polar surface area (TPSA) is 98.2 Å². The molecule has 4 aliphatic rings. The van der Waals surface area contributed by atoms with Gasteiger partial charge in [-0.1, -0.05) is 38.2 Å². The largest absolute Gasteiger partial charge is 0.481 e. The number of nitrogens with zero attached hydrogens (tertiary/aromatic N) is 2. The molecule has 7 nitrogen and oxygen atoms in total. The summed E-state index contributed by atoms with van der Waals surface area (Å²) in [5.41, 5.74) is 0. The zero-order valence-electron chi connectivity index (χ0n) is 20.4. The fourth-order valence-corrected chi connectivity index (χ4v) is 9.52. The molecule has 0 aromatic rings. The van der Waals surface area contributed by atoms with Gasteiger partial charge in [-0.05, 0) is 45.4 Å². The first kappa shape index (κ1) is 25.5. The number of rotatable bonds is 11. The number of carbonyl (C=O) groups is 3. The molecule has 190 valence electrons. The summed E-state index contributed by atoms with van der Waals surface area (Å²) in [6, 6.07) is -0.452. The van der Waals surface area contributed by atoms with Crippen molar-refractivity contribution in [3.05, 3.63) is 12.7 Å². The fraction of sp³-hybridized carbons (Fsp3) is 0.808. The van der Waals surface area contributed by atoms with Crippen molar-refractivity contribution in [3.8, 4) is 0 Å². The number of likely N-dealkylation sites (tertiary alicyclic amines) is 1. The highest BCUT2D eigenvalue weighted by molar-refractivity contribution is 8.02. The van der Waals surface area contributed by atoms with Gasteiger partial charge in [0.05, 0.1) is 16.6 Å². The Hall–Kier alpha value is -1.54. The molecule has 4 fully saturated rings. The maximum absolute atomic E-state index is 14.3. The monoisotopic (exact) mass is 492 g/mol. The molecule has 5 atom stereocenters. The SMILES string of the molecule is C=CCN(C(=O)C1N(CCCCCCO)C(=O)[C@@H]2[C@H](C(=O)O)[C@]3(C)CCC12S3)C1CCCCC1. The molecule has 1 saturated carbocycles. The van der Waals surface area contributed by atoms with Crippen LogP contribution in [-0.2, 0) is 14.4 Å². The van der Waals surface area contributed by atoms with Crippen LogP contribution in [0, 0.1) is 11.8 Å². The maximum atomic E-state index is 14.3. The van der Waals surface area contributed by atoms with Crippen molar-refractivity contribution in [3.63, 3.8) is 0 Å². The number of unbranched alkanes of at least 4 members (excludes halogenated alkanes) is 3. The van der Waals surface area contributed by atoms with Crippen LogP contribution >= 0.6 is 11.8 Å². The number of fused-ring (bicyclic) bond motifs is 1. The van der Waals surface area contributed by atoms with Crippen molar-refractivity contribution in [2.45, 2.75) is 99.1 Å². The average Bonchev–Trinajstić information content (AvgIpc) is 3.38. The van der Waals surface area contributed by atoms with Crippen LogP contribution in [0.3, 0.4) is 0 Å². The Balaban J connectivity index is 1.67. The van der Waals surface area contributed by atoms with Crippen LogP contribution in [0.25, 0.3) is 0 Å². The van der Waals surface area contributed by atoms with Gasteiger partial charge in [-0.3, -0.25) is 14.4 Å². The third-order valence-electron chi connectivity index (χ3n) is 8.71. The van der Waals surface area contributed by atoms with E-state index in [1.54, 1.807) is 22.7 Å². The summed E-state index contributed by atoms with van der Waals surface area (Å²) in [6.07, 6.45) is 11.8.